The van der Waals surface area contributed by atoms with Crippen LogP contribution < -0.4 is 14.8 Å². The molecule has 5 nitrogen and oxygen atoms in total. The fourth-order valence-corrected chi connectivity index (χ4v) is 6.99. The van der Waals surface area contributed by atoms with Gasteiger partial charge in [-0.05, 0) is 65.9 Å². The van der Waals surface area contributed by atoms with E-state index in [2.05, 4.69) is 40.4 Å². The first-order valence-corrected chi connectivity index (χ1v) is 14.7. The molecule has 0 saturated carbocycles. The molecular weight excluding hydrogens is 500 g/mol. The third-order valence-electron chi connectivity index (χ3n) is 6.89. The van der Waals surface area contributed by atoms with Crippen molar-refractivity contribution in [2.24, 2.45) is 5.92 Å². The van der Waals surface area contributed by atoms with Gasteiger partial charge in [-0.2, -0.15) is 11.8 Å². The van der Waals surface area contributed by atoms with Crippen LogP contribution in [0.25, 0.3) is 0 Å². The van der Waals surface area contributed by atoms with Crippen molar-refractivity contribution in [2.75, 3.05) is 21.5 Å². The number of anilines is 2. The van der Waals surface area contributed by atoms with Crippen LogP contribution in [-0.4, -0.2) is 26.0 Å². The minimum absolute atomic E-state index is 0.116. The lowest BCUT2D eigenvalue weighted by molar-refractivity contribution is 0.240. The van der Waals surface area contributed by atoms with Crippen molar-refractivity contribution < 1.29 is 13.2 Å². The summed E-state index contributed by atoms with van der Waals surface area (Å²) in [5, 5.41) is 4.06. The lowest BCUT2D eigenvalue weighted by atomic mass is 9.77. The van der Waals surface area contributed by atoms with Crippen molar-refractivity contribution in [2.45, 2.75) is 29.4 Å². The van der Waals surface area contributed by atoms with Crippen LogP contribution in [0.3, 0.4) is 0 Å². The Bertz CT molecular complexity index is 1410. The number of ether oxygens (including phenoxy) is 1. The van der Waals surface area contributed by atoms with Crippen LogP contribution in [0.5, 0.6) is 5.75 Å². The highest BCUT2D eigenvalue weighted by atomic mass is 35.5. The molecule has 0 amide bonds. The molecule has 3 aliphatic rings. The fraction of sp³-hybridized carbons (Fsp3) is 0.259. The van der Waals surface area contributed by atoms with Crippen molar-refractivity contribution in [3.63, 3.8) is 0 Å². The number of sulfonamides is 1. The van der Waals surface area contributed by atoms with E-state index in [0.29, 0.717) is 22.7 Å². The highest BCUT2D eigenvalue weighted by Crippen LogP contribution is 2.50. The molecule has 3 atom stereocenters. The molecule has 1 fully saturated rings. The SMILES string of the molecule is O=S(=O)(Nc1ccccc1Cl)c1ccc2c(c1)[C@H]1C=CC[C@H]1[C@@H](c1cccc(OC3CSC3)c1)N2. The molecule has 1 aliphatic carbocycles. The van der Waals surface area contributed by atoms with Gasteiger partial charge in [0.1, 0.15) is 11.9 Å². The number of rotatable bonds is 6. The summed E-state index contributed by atoms with van der Waals surface area (Å²) in [5.74, 6) is 3.44. The molecule has 0 unspecified atom stereocenters. The zero-order chi connectivity index (χ0) is 24.0. The van der Waals surface area contributed by atoms with Crippen LogP contribution in [0.4, 0.5) is 11.4 Å². The molecule has 2 N–H and O–H groups in total. The Hall–Kier alpha value is -2.61. The Balaban J connectivity index is 1.30. The fourth-order valence-electron chi connectivity index (χ4n) is 5.07. The number of allylic oxidation sites excluding steroid dienone is 2. The van der Waals surface area contributed by atoms with Gasteiger partial charge in [0.15, 0.2) is 0 Å². The van der Waals surface area contributed by atoms with Crippen LogP contribution in [0.1, 0.15) is 29.5 Å². The minimum Gasteiger partial charge on any atom is -0.489 e. The van der Waals surface area contributed by atoms with Gasteiger partial charge in [-0.1, -0.05) is 48.0 Å². The first-order valence-electron chi connectivity index (χ1n) is 11.7. The molecule has 1 saturated heterocycles. The molecule has 3 aromatic carbocycles. The second-order valence-corrected chi connectivity index (χ2v) is 12.3. The first kappa shape index (κ1) is 22.8. The molecule has 2 aliphatic heterocycles. The molecule has 35 heavy (non-hydrogen) atoms. The second-order valence-electron chi connectivity index (χ2n) is 9.16. The molecule has 0 radical (unpaired) electrons. The summed E-state index contributed by atoms with van der Waals surface area (Å²) in [6.45, 7) is 0. The van der Waals surface area contributed by atoms with Gasteiger partial charge in [-0.3, -0.25) is 4.72 Å². The second kappa shape index (κ2) is 9.12. The van der Waals surface area contributed by atoms with Gasteiger partial charge < -0.3 is 10.1 Å². The maximum absolute atomic E-state index is 13.1. The minimum atomic E-state index is -3.78. The van der Waals surface area contributed by atoms with Crippen LogP contribution in [0.15, 0.2) is 83.8 Å². The molecule has 0 bridgehead atoms. The number of benzene rings is 3. The van der Waals surface area contributed by atoms with Gasteiger partial charge in [0.25, 0.3) is 10.0 Å². The lowest BCUT2D eigenvalue weighted by Crippen LogP contribution is -2.31. The predicted octanol–water partition coefficient (Wildman–Crippen LogP) is 6.46. The normalized spacial score (nSPS) is 23.1. The van der Waals surface area contributed by atoms with Gasteiger partial charge in [0.2, 0.25) is 0 Å². The van der Waals surface area contributed by atoms with Gasteiger partial charge in [-0.15, -0.1) is 0 Å². The number of hydrogen-bond acceptors (Lipinski definition) is 5. The average Bonchev–Trinajstić information content (AvgIpc) is 3.33. The molecule has 6 rings (SSSR count). The number of nitrogens with one attached hydrogen (secondary N) is 2. The molecule has 2 heterocycles. The van der Waals surface area contributed by atoms with Crippen molar-refractivity contribution in [3.05, 3.63) is 95.0 Å². The zero-order valence-electron chi connectivity index (χ0n) is 18.9. The Morgan fingerprint density at radius 2 is 1.89 bits per heavy atom. The smallest absolute Gasteiger partial charge is 0.261 e. The monoisotopic (exact) mass is 524 g/mol. The summed E-state index contributed by atoms with van der Waals surface area (Å²) in [5.41, 5.74) is 3.52. The van der Waals surface area contributed by atoms with E-state index < -0.39 is 10.0 Å². The van der Waals surface area contributed by atoms with Crippen molar-refractivity contribution in [1.82, 2.24) is 0 Å². The van der Waals surface area contributed by atoms with Crippen LogP contribution in [-0.2, 0) is 10.0 Å². The topological polar surface area (TPSA) is 67.4 Å². The standard InChI is InChI=1S/C27H25ClN2O3S2/c28-24-9-1-2-10-26(24)30-35(31,32)20-11-12-25-23(14-20)21-7-4-8-22(21)27(29-25)17-5-3-6-18(13-17)33-19-15-34-16-19/h1-7,9-14,19,21-22,27,29-30H,8,15-16H2/t21-,22+,27+/m0/s1. The Labute approximate surface area is 215 Å². The van der Waals surface area contributed by atoms with Crippen LogP contribution >= 0.6 is 23.4 Å². The van der Waals surface area contributed by atoms with Gasteiger partial charge in [0, 0.05) is 23.1 Å². The summed E-state index contributed by atoms with van der Waals surface area (Å²) in [7, 11) is -3.78. The van der Waals surface area contributed by atoms with E-state index in [1.807, 2.05) is 23.9 Å². The van der Waals surface area contributed by atoms with Crippen molar-refractivity contribution >= 4 is 44.8 Å². The average molecular weight is 525 g/mol. The summed E-state index contributed by atoms with van der Waals surface area (Å²) in [6, 6.07) is 20.6. The van der Waals surface area contributed by atoms with E-state index in [0.717, 1.165) is 34.9 Å². The van der Waals surface area contributed by atoms with Crippen LogP contribution in [0.2, 0.25) is 5.02 Å². The molecule has 0 spiro atoms. The number of halogens is 1. The Morgan fingerprint density at radius 3 is 2.69 bits per heavy atom. The van der Waals surface area contributed by atoms with Crippen molar-refractivity contribution in [1.29, 1.82) is 0 Å². The van der Waals surface area contributed by atoms with E-state index in [1.165, 1.54) is 5.56 Å². The van der Waals surface area contributed by atoms with E-state index >= 15 is 0 Å². The third-order valence-corrected chi connectivity index (χ3v) is 9.80. The maximum atomic E-state index is 13.1. The number of thioether (sulfide) groups is 1. The molecule has 3 aromatic rings. The quantitative estimate of drug-likeness (QED) is 0.362. The number of fused-ring (bicyclic) bond motifs is 3. The number of para-hydroxylation sites is 1. The van der Waals surface area contributed by atoms with Gasteiger partial charge in [-0.25, -0.2) is 8.42 Å². The number of hydrogen-bond donors (Lipinski definition) is 2. The first-order chi connectivity index (χ1) is 17.0. The lowest BCUT2D eigenvalue weighted by Gasteiger charge is -2.38. The highest BCUT2D eigenvalue weighted by Gasteiger charge is 2.38. The van der Waals surface area contributed by atoms with Gasteiger partial charge >= 0.3 is 0 Å². The molecule has 180 valence electrons. The molecular formula is C27H25ClN2O3S2. The zero-order valence-corrected chi connectivity index (χ0v) is 21.2. The van der Waals surface area contributed by atoms with Gasteiger partial charge in [0.05, 0.1) is 21.6 Å². The summed E-state index contributed by atoms with van der Waals surface area (Å²) in [4.78, 5) is 0.226. The largest absolute Gasteiger partial charge is 0.489 e. The van der Waals surface area contributed by atoms with E-state index in [4.69, 9.17) is 16.3 Å². The van der Waals surface area contributed by atoms with E-state index in [9.17, 15) is 8.42 Å². The summed E-state index contributed by atoms with van der Waals surface area (Å²) >= 11 is 8.08. The summed E-state index contributed by atoms with van der Waals surface area (Å²) < 4.78 is 35.0. The highest BCUT2D eigenvalue weighted by molar-refractivity contribution is 8.00. The maximum Gasteiger partial charge on any atom is 0.261 e. The Kier molecular flexibility index (Phi) is 5.95. The van der Waals surface area contributed by atoms with E-state index in [-0.39, 0.29) is 16.9 Å². The van der Waals surface area contributed by atoms with E-state index in [1.54, 1.807) is 36.4 Å². The van der Waals surface area contributed by atoms with Crippen molar-refractivity contribution in [3.8, 4) is 5.75 Å². The van der Waals surface area contributed by atoms with Crippen LogP contribution in [0, 0.1) is 5.92 Å². The summed E-state index contributed by atoms with van der Waals surface area (Å²) in [6.07, 6.45) is 5.65. The molecule has 0 aromatic heterocycles. The molecule has 8 heteroatoms. The third kappa shape index (κ3) is 4.41. The Morgan fingerprint density at radius 1 is 1.03 bits per heavy atom. The predicted molar refractivity (Wildman–Crippen MR) is 143 cm³/mol.